The van der Waals surface area contributed by atoms with E-state index in [0.29, 0.717) is 5.02 Å². The van der Waals surface area contributed by atoms with Gasteiger partial charge in [-0.3, -0.25) is 9.59 Å². The average Bonchev–Trinajstić information content (AvgIpc) is 2.95. The van der Waals surface area contributed by atoms with Crippen molar-refractivity contribution in [3.8, 4) is 0 Å². The van der Waals surface area contributed by atoms with Crippen LogP contribution in [0.4, 0.5) is 18.9 Å². The Balaban J connectivity index is 1.69. The van der Waals surface area contributed by atoms with E-state index in [4.69, 9.17) is 17.3 Å². The number of hydrogen-bond donors (Lipinski definition) is 2. The number of alkyl halides is 3. The predicted molar refractivity (Wildman–Crippen MR) is 98.6 cm³/mol. The molecule has 0 spiro atoms. The third-order valence-corrected chi connectivity index (χ3v) is 4.73. The van der Waals surface area contributed by atoms with Crippen LogP contribution in [0.25, 0.3) is 0 Å². The lowest BCUT2D eigenvalue weighted by Gasteiger charge is -2.20. The highest BCUT2D eigenvalue weighted by molar-refractivity contribution is 6.31. The van der Waals surface area contributed by atoms with Gasteiger partial charge in [0.25, 0.3) is 5.91 Å². The minimum Gasteiger partial charge on any atom is -0.398 e. The van der Waals surface area contributed by atoms with Crippen molar-refractivity contribution in [1.82, 2.24) is 10.2 Å². The normalized spacial score (nSPS) is 17.1. The second-order valence-corrected chi connectivity index (χ2v) is 6.97. The second-order valence-electron chi connectivity index (χ2n) is 6.54. The van der Waals surface area contributed by atoms with Gasteiger partial charge >= 0.3 is 6.18 Å². The Bertz CT molecular complexity index is 918. The number of carbonyl (C=O) groups excluding carboxylic acids is 2. The Hall–Kier alpha value is -2.74. The molecule has 28 heavy (non-hydrogen) atoms. The lowest BCUT2D eigenvalue weighted by atomic mass is 10.1. The van der Waals surface area contributed by atoms with Gasteiger partial charge in [-0.1, -0.05) is 29.8 Å². The van der Waals surface area contributed by atoms with E-state index in [1.807, 2.05) is 0 Å². The van der Waals surface area contributed by atoms with Crippen molar-refractivity contribution < 1.29 is 22.8 Å². The van der Waals surface area contributed by atoms with Gasteiger partial charge in [0.2, 0.25) is 5.91 Å². The summed E-state index contributed by atoms with van der Waals surface area (Å²) in [6.45, 7) is -0.0720. The number of nitrogens with zero attached hydrogens (tertiary/aromatic N) is 1. The standard InChI is InChI=1S/C19H17ClF3N3O2/c20-12-5-6-16(24)14(7-12)18(28)25-13-8-17(27)26(10-13)9-11-3-1-2-4-15(11)19(21,22)23/h1-7,13H,8-10,24H2,(H,25,28). The van der Waals surface area contributed by atoms with E-state index in [2.05, 4.69) is 5.32 Å². The fourth-order valence-corrected chi connectivity index (χ4v) is 3.32. The van der Waals surface area contributed by atoms with Crippen LogP contribution in [0.15, 0.2) is 42.5 Å². The number of nitrogens with one attached hydrogen (secondary N) is 1. The molecule has 1 unspecified atom stereocenters. The zero-order chi connectivity index (χ0) is 20.5. The molecule has 5 nitrogen and oxygen atoms in total. The second kappa shape index (κ2) is 7.71. The van der Waals surface area contributed by atoms with E-state index in [1.165, 1.54) is 35.2 Å². The quantitative estimate of drug-likeness (QED) is 0.756. The van der Waals surface area contributed by atoms with Gasteiger partial charge in [0.1, 0.15) is 0 Å². The summed E-state index contributed by atoms with van der Waals surface area (Å²) in [5.41, 5.74) is 5.43. The number of carbonyl (C=O) groups is 2. The molecular formula is C19H17ClF3N3O2. The van der Waals surface area contributed by atoms with Crippen molar-refractivity contribution >= 4 is 29.1 Å². The van der Waals surface area contributed by atoms with Crippen LogP contribution in [0, 0.1) is 0 Å². The number of benzene rings is 2. The first-order valence-electron chi connectivity index (χ1n) is 8.44. The van der Waals surface area contributed by atoms with Crippen LogP contribution in [0.2, 0.25) is 5.02 Å². The van der Waals surface area contributed by atoms with E-state index in [9.17, 15) is 22.8 Å². The molecule has 148 valence electrons. The van der Waals surface area contributed by atoms with E-state index in [0.717, 1.165) is 6.07 Å². The molecular weight excluding hydrogens is 395 g/mol. The maximum absolute atomic E-state index is 13.1. The summed E-state index contributed by atoms with van der Waals surface area (Å²) < 4.78 is 39.4. The van der Waals surface area contributed by atoms with E-state index in [1.54, 1.807) is 6.07 Å². The monoisotopic (exact) mass is 411 g/mol. The highest BCUT2D eigenvalue weighted by Crippen LogP contribution is 2.33. The first-order valence-corrected chi connectivity index (χ1v) is 8.81. The number of amides is 2. The molecule has 2 aromatic carbocycles. The smallest absolute Gasteiger partial charge is 0.398 e. The van der Waals surface area contributed by atoms with Crippen LogP contribution in [0.5, 0.6) is 0 Å². The minimum absolute atomic E-state index is 0.000392. The fraction of sp³-hybridized carbons (Fsp3) is 0.263. The molecule has 1 saturated heterocycles. The van der Waals surface area contributed by atoms with Crippen molar-refractivity contribution in [3.05, 3.63) is 64.2 Å². The molecule has 0 aromatic heterocycles. The number of rotatable bonds is 4. The third-order valence-electron chi connectivity index (χ3n) is 4.49. The Kier molecular flexibility index (Phi) is 5.51. The van der Waals surface area contributed by atoms with E-state index < -0.39 is 23.7 Å². The van der Waals surface area contributed by atoms with Crippen molar-refractivity contribution in [2.75, 3.05) is 12.3 Å². The van der Waals surface area contributed by atoms with Crippen LogP contribution >= 0.6 is 11.6 Å². The van der Waals surface area contributed by atoms with Crippen LogP contribution < -0.4 is 11.1 Å². The van der Waals surface area contributed by atoms with Gasteiger partial charge in [0, 0.05) is 30.2 Å². The molecule has 2 aromatic rings. The molecule has 3 N–H and O–H groups in total. The van der Waals surface area contributed by atoms with Crippen molar-refractivity contribution in [2.45, 2.75) is 25.2 Å². The maximum Gasteiger partial charge on any atom is 0.416 e. The fourth-order valence-electron chi connectivity index (χ4n) is 3.15. The molecule has 2 amide bonds. The van der Waals surface area contributed by atoms with Crippen molar-refractivity contribution in [1.29, 1.82) is 0 Å². The SMILES string of the molecule is Nc1ccc(Cl)cc1C(=O)NC1CC(=O)N(Cc2ccccc2C(F)(F)F)C1. The Morgan fingerprint density at radius 2 is 1.96 bits per heavy atom. The first-order chi connectivity index (χ1) is 13.1. The maximum atomic E-state index is 13.1. The average molecular weight is 412 g/mol. The van der Waals surface area contributed by atoms with Gasteiger partial charge in [-0.15, -0.1) is 0 Å². The van der Waals surface area contributed by atoms with E-state index in [-0.39, 0.29) is 42.2 Å². The highest BCUT2D eigenvalue weighted by Gasteiger charge is 2.36. The van der Waals surface area contributed by atoms with Crippen molar-refractivity contribution in [2.24, 2.45) is 0 Å². The number of halogens is 4. The van der Waals surface area contributed by atoms with E-state index >= 15 is 0 Å². The number of anilines is 1. The summed E-state index contributed by atoms with van der Waals surface area (Å²) in [6, 6.07) is 9.05. The van der Waals surface area contributed by atoms with Crippen LogP contribution in [-0.2, 0) is 17.5 Å². The lowest BCUT2D eigenvalue weighted by molar-refractivity contribution is -0.139. The number of nitrogens with two attached hydrogens (primary N) is 1. The predicted octanol–water partition coefficient (Wildman–Crippen LogP) is 3.47. The molecule has 0 radical (unpaired) electrons. The molecule has 0 bridgehead atoms. The lowest BCUT2D eigenvalue weighted by Crippen LogP contribution is -2.37. The summed E-state index contributed by atoms with van der Waals surface area (Å²) in [5, 5.41) is 3.03. The highest BCUT2D eigenvalue weighted by atomic mass is 35.5. The molecule has 1 aliphatic heterocycles. The topological polar surface area (TPSA) is 75.4 Å². The molecule has 3 rings (SSSR count). The Morgan fingerprint density at radius 3 is 2.68 bits per heavy atom. The van der Waals surface area contributed by atoms with Gasteiger partial charge in [-0.05, 0) is 29.8 Å². The Morgan fingerprint density at radius 1 is 1.25 bits per heavy atom. The molecule has 1 heterocycles. The summed E-state index contributed by atoms with van der Waals surface area (Å²) >= 11 is 5.88. The number of nitrogen functional groups attached to an aromatic ring is 1. The molecule has 1 atom stereocenters. The Labute approximate surface area is 164 Å². The van der Waals surface area contributed by atoms with Crippen LogP contribution in [0.3, 0.4) is 0 Å². The number of likely N-dealkylation sites (tertiary alicyclic amines) is 1. The van der Waals surface area contributed by atoms with Crippen LogP contribution in [0.1, 0.15) is 27.9 Å². The van der Waals surface area contributed by atoms with Gasteiger partial charge in [-0.2, -0.15) is 13.2 Å². The zero-order valence-electron chi connectivity index (χ0n) is 14.6. The summed E-state index contributed by atoms with van der Waals surface area (Å²) in [5.74, 6) is -0.823. The molecule has 1 aliphatic rings. The van der Waals surface area contributed by atoms with Gasteiger partial charge in [0.05, 0.1) is 17.2 Å². The number of hydrogen-bond acceptors (Lipinski definition) is 3. The first kappa shape index (κ1) is 20.0. The van der Waals surface area contributed by atoms with Crippen LogP contribution in [-0.4, -0.2) is 29.3 Å². The van der Waals surface area contributed by atoms with Gasteiger partial charge < -0.3 is 16.0 Å². The minimum atomic E-state index is -4.50. The third kappa shape index (κ3) is 4.39. The van der Waals surface area contributed by atoms with Crippen molar-refractivity contribution in [3.63, 3.8) is 0 Å². The van der Waals surface area contributed by atoms with Gasteiger partial charge in [-0.25, -0.2) is 0 Å². The zero-order valence-corrected chi connectivity index (χ0v) is 15.3. The summed E-state index contributed by atoms with van der Waals surface area (Å²) in [6.07, 6.45) is -4.50. The molecule has 9 heteroatoms. The molecule has 0 saturated carbocycles. The summed E-state index contributed by atoms with van der Waals surface area (Å²) in [4.78, 5) is 25.9. The molecule has 1 fully saturated rings. The molecule has 0 aliphatic carbocycles. The van der Waals surface area contributed by atoms with Gasteiger partial charge in [0.15, 0.2) is 0 Å². The largest absolute Gasteiger partial charge is 0.416 e. The summed E-state index contributed by atoms with van der Waals surface area (Å²) in [7, 11) is 0.